The van der Waals surface area contributed by atoms with Crippen LogP contribution in [0.4, 0.5) is 0 Å². The molecule has 1 heterocycles. The highest BCUT2D eigenvalue weighted by Crippen LogP contribution is 2.41. The molecular formula is C50H34N2. The lowest BCUT2D eigenvalue weighted by Gasteiger charge is -2.13. The minimum absolute atomic E-state index is 0.908. The zero-order valence-electron chi connectivity index (χ0n) is 28.6. The lowest BCUT2D eigenvalue weighted by Crippen LogP contribution is -1.96. The SMILES string of the molecule is C=C/C(=C\N)c1ccc2c3ccc4cc(-c5cccc(-c6cc7ccccc7c7ccccc67)c5)ccc4c3n(-c3ccc4ccccc4c3)c2c1. The maximum atomic E-state index is 6.03. The van der Waals surface area contributed by atoms with E-state index in [1.54, 1.807) is 6.20 Å². The predicted octanol–water partition coefficient (Wildman–Crippen LogP) is 13.2. The number of rotatable bonds is 5. The van der Waals surface area contributed by atoms with Crippen molar-refractivity contribution < 1.29 is 0 Å². The molecule has 0 fully saturated rings. The molecule has 0 unspecified atom stereocenters. The number of fused-ring (bicyclic) bond motifs is 9. The van der Waals surface area contributed by atoms with Crippen LogP contribution in [0.2, 0.25) is 0 Å². The van der Waals surface area contributed by atoms with Crippen molar-refractivity contribution in [1.29, 1.82) is 0 Å². The highest BCUT2D eigenvalue weighted by molar-refractivity contribution is 6.19. The van der Waals surface area contributed by atoms with Gasteiger partial charge < -0.3 is 10.3 Å². The summed E-state index contributed by atoms with van der Waals surface area (Å²) in [7, 11) is 0. The molecule has 52 heavy (non-hydrogen) atoms. The van der Waals surface area contributed by atoms with Gasteiger partial charge in [0, 0.05) is 28.0 Å². The zero-order chi connectivity index (χ0) is 34.8. The van der Waals surface area contributed by atoms with Gasteiger partial charge in [0.1, 0.15) is 0 Å². The molecule has 2 N–H and O–H groups in total. The molecule has 0 radical (unpaired) electrons. The fourth-order valence-corrected chi connectivity index (χ4v) is 8.22. The smallest absolute Gasteiger partial charge is 0.0619 e. The molecule has 0 aliphatic carbocycles. The Labute approximate surface area is 302 Å². The third kappa shape index (κ3) is 4.66. The van der Waals surface area contributed by atoms with Crippen molar-refractivity contribution in [2.75, 3.05) is 0 Å². The first kappa shape index (κ1) is 30.0. The monoisotopic (exact) mass is 662 g/mol. The minimum Gasteiger partial charge on any atom is -0.404 e. The van der Waals surface area contributed by atoms with E-state index in [1.807, 2.05) is 6.08 Å². The standard InChI is InChI=1S/C50H34N2/c1-2-32(31-51)37-20-24-46-47-25-21-40-27-36(19-23-43(40)50(47)52(49(46)30-37)41-22-18-33-10-3-4-11-35(33)28-41)34-13-9-14-38(26-34)48-29-39-12-5-6-15-42(39)44-16-7-8-17-45(44)48/h2-31H,1,51H2/b32-31+. The maximum Gasteiger partial charge on any atom is 0.0619 e. The molecule has 2 heteroatoms. The van der Waals surface area contributed by atoms with Crippen molar-refractivity contribution in [3.63, 3.8) is 0 Å². The minimum atomic E-state index is 0.908. The van der Waals surface area contributed by atoms with Crippen LogP contribution in [0.25, 0.3) is 98.4 Å². The van der Waals surface area contributed by atoms with Crippen LogP contribution in [0.5, 0.6) is 0 Å². The molecule has 0 saturated carbocycles. The van der Waals surface area contributed by atoms with E-state index in [0.717, 1.165) is 22.3 Å². The van der Waals surface area contributed by atoms with E-state index in [9.17, 15) is 0 Å². The topological polar surface area (TPSA) is 30.9 Å². The molecular weight excluding hydrogens is 629 g/mol. The Hall–Kier alpha value is -6.90. The summed E-state index contributed by atoms with van der Waals surface area (Å²) in [5.41, 5.74) is 16.3. The Morgan fingerprint density at radius 2 is 1.13 bits per heavy atom. The van der Waals surface area contributed by atoms with Gasteiger partial charge in [-0.2, -0.15) is 0 Å². The van der Waals surface area contributed by atoms with Gasteiger partial charge in [-0.3, -0.25) is 0 Å². The number of benzene rings is 9. The van der Waals surface area contributed by atoms with E-state index >= 15 is 0 Å². The van der Waals surface area contributed by atoms with Gasteiger partial charge in [0.15, 0.2) is 0 Å². The van der Waals surface area contributed by atoms with Crippen LogP contribution in [0.3, 0.4) is 0 Å². The number of allylic oxidation sites excluding steroid dienone is 2. The normalized spacial score (nSPS) is 12.1. The summed E-state index contributed by atoms with van der Waals surface area (Å²) < 4.78 is 2.42. The van der Waals surface area contributed by atoms with Crippen LogP contribution >= 0.6 is 0 Å². The molecule has 1 aromatic heterocycles. The number of nitrogens with zero attached hydrogens (tertiary/aromatic N) is 1. The van der Waals surface area contributed by atoms with Gasteiger partial charge in [0.25, 0.3) is 0 Å². The average molecular weight is 663 g/mol. The van der Waals surface area contributed by atoms with E-state index in [2.05, 4.69) is 181 Å². The van der Waals surface area contributed by atoms with Crippen LogP contribution in [0.1, 0.15) is 5.56 Å². The molecule has 0 spiro atoms. The molecule has 0 aliphatic heterocycles. The molecule has 2 nitrogen and oxygen atoms in total. The lowest BCUT2D eigenvalue weighted by atomic mass is 9.91. The fraction of sp³-hybridized carbons (Fsp3) is 0. The van der Waals surface area contributed by atoms with Gasteiger partial charge in [-0.25, -0.2) is 0 Å². The molecule has 9 aromatic carbocycles. The summed E-state index contributed by atoms with van der Waals surface area (Å²) >= 11 is 0. The highest BCUT2D eigenvalue weighted by Gasteiger charge is 2.17. The third-order valence-corrected chi connectivity index (χ3v) is 10.7. The first-order valence-electron chi connectivity index (χ1n) is 17.7. The Bertz CT molecular complexity index is 3100. The van der Waals surface area contributed by atoms with E-state index in [0.29, 0.717) is 0 Å². The Balaban J connectivity index is 1.18. The van der Waals surface area contributed by atoms with Crippen LogP contribution in [-0.2, 0) is 0 Å². The molecule has 244 valence electrons. The molecule has 0 saturated heterocycles. The second-order valence-corrected chi connectivity index (χ2v) is 13.6. The van der Waals surface area contributed by atoms with Gasteiger partial charge in [-0.1, -0.05) is 146 Å². The number of nitrogens with two attached hydrogens (primary N) is 1. The molecule has 0 amide bonds. The maximum absolute atomic E-state index is 6.03. The number of hydrogen-bond donors (Lipinski definition) is 1. The summed E-state index contributed by atoms with van der Waals surface area (Å²) in [5, 5.41) is 12.4. The van der Waals surface area contributed by atoms with E-state index < -0.39 is 0 Å². The van der Waals surface area contributed by atoms with Gasteiger partial charge in [0.05, 0.1) is 11.0 Å². The third-order valence-electron chi connectivity index (χ3n) is 10.7. The number of aromatic nitrogens is 1. The Morgan fingerprint density at radius 1 is 0.462 bits per heavy atom. The second kappa shape index (κ2) is 11.9. The van der Waals surface area contributed by atoms with Crippen molar-refractivity contribution in [2.45, 2.75) is 0 Å². The van der Waals surface area contributed by atoms with E-state index in [4.69, 9.17) is 5.73 Å². The molecule has 0 bridgehead atoms. The van der Waals surface area contributed by atoms with Crippen molar-refractivity contribution >= 4 is 70.5 Å². The molecule has 0 atom stereocenters. The van der Waals surface area contributed by atoms with Crippen LogP contribution < -0.4 is 5.73 Å². The Morgan fingerprint density at radius 3 is 1.98 bits per heavy atom. The molecule has 10 aromatic rings. The quantitative estimate of drug-likeness (QED) is 0.144. The summed E-state index contributed by atoms with van der Waals surface area (Å²) in [6.45, 7) is 4.01. The Kier molecular flexibility index (Phi) is 6.84. The summed E-state index contributed by atoms with van der Waals surface area (Å²) in [6, 6.07) is 62.1. The van der Waals surface area contributed by atoms with Gasteiger partial charge in [-0.15, -0.1) is 0 Å². The predicted molar refractivity (Wildman–Crippen MR) is 224 cm³/mol. The van der Waals surface area contributed by atoms with Crippen molar-refractivity contribution in [1.82, 2.24) is 4.57 Å². The summed E-state index contributed by atoms with van der Waals surface area (Å²) in [4.78, 5) is 0. The van der Waals surface area contributed by atoms with Gasteiger partial charge in [0.2, 0.25) is 0 Å². The molecule has 10 rings (SSSR count). The lowest BCUT2D eigenvalue weighted by molar-refractivity contribution is 1.19. The van der Waals surface area contributed by atoms with E-state index in [1.165, 1.54) is 81.6 Å². The van der Waals surface area contributed by atoms with Crippen molar-refractivity contribution in [2.24, 2.45) is 5.73 Å². The fourth-order valence-electron chi connectivity index (χ4n) is 8.22. The first-order valence-corrected chi connectivity index (χ1v) is 17.7. The van der Waals surface area contributed by atoms with Crippen LogP contribution in [0.15, 0.2) is 189 Å². The second-order valence-electron chi connectivity index (χ2n) is 13.6. The van der Waals surface area contributed by atoms with Crippen molar-refractivity contribution in [3.05, 3.63) is 194 Å². The van der Waals surface area contributed by atoms with E-state index in [-0.39, 0.29) is 0 Å². The molecule has 0 aliphatic rings. The average Bonchev–Trinajstić information content (AvgIpc) is 3.55. The summed E-state index contributed by atoms with van der Waals surface area (Å²) in [5.74, 6) is 0. The number of hydrogen-bond acceptors (Lipinski definition) is 1. The zero-order valence-corrected chi connectivity index (χ0v) is 28.6. The summed E-state index contributed by atoms with van der Waals surface area (Å²) in [6.07, 6.45) is 3.45. The van der Waals surface area contributed by atoms with Crippen molar-refractivity contribution in [3.8, 4) is 27.9 Å². The highest BCUT2D eigenvalue weighted by atomic mass is 15.0. The van der Waals surface area contributed by atoms with Gasteiger partial charge >= 0.3 is 0 Å². The van der Waals surface area contributed by atoms with Crippen LogP contribution in [-0.4, -0.2) is 4.57 Å². The van der Waals surface area contributed by atoms with Gasteiger partial charge in [-0.05, 0) is 107 Å². The largest absolute Gasteiger partial charge is 0.404 e. The van der Waals surface area contributed by atoms with Crippen LogP contribution in [0, 0.1) is 0 Å². The first-order chi connectivity index (χ1) is 25.7.